The molecule has 3 nitrogen and oxygen atoms in total. The topological polar surface area (TPSA) is 21.1 Å². The summed E-state index contributed by atoms with van der Waals surface area (Å²) in [6.07, 6.45) is 6.71. The maximum absolute atomic E-state index is 4.26. The fourth-order valence-electron chi connectivity index (χ4n) is 3.31. The summed E-state index contributed by atoms with van der Waals surface area (Å²) in [5.74, 6) is 0.682. The second kappa shape index (κ2) is 5.80. The van der Waals surface area contributed by atoms with Crippen LogP contribution in [0.5, 0.6) is 0 Å². The number of aromatic nitrogens is 2. The van der Waals surface area contributed by atoms with Crippen LogP contribution in [0.15, 0.2) is 36.7 Å². The van der Waals surface area contributed by atoms with E-state index < -0.39 is 0 Å². The van der Waals surface area contributed by atoms with Crippen LogP contribution < -0.4 is 0 Å². The van der Waals surface area contributed by atoms with Crippen LogP contribution in [0.25, 0.3) is 0 Å². The molecule has 1 aliphatic heterocycles. The van der Waals surface area contributed by atoms with Crippen molar-refractivity contribution in [3.8, 4) is 0 Å². The molecule has 0 amide bonds. The quantitative estimate of drug-likeness (QED) is 0.853. The smallest absolute Gasteiger partial charge is 0.0534 e. The zero-order chi connectivity index (χ0) is 13.9. The lowest BCUT2D eigenvalue weighted by Gasteiger charge is -2.33. The summed E-state index contributed by atoms with van der Waals surface area (Å²) >= 11 is 0. The number of aryl methyl sites for hydroxylation is 2. The second-order valence-electron chi connectivity index (χ2n) is 5.95. The summed E-state index contributed by atoms with van der Waals surface area (Å²) in [5, 5.41) is 4.26. The average Bonchev–Trinajstić information content (AvgIpc) is 2.85. The van der Waals surface area contributed by atoms with Crippen LogP contribution in [0.2, 0.25) is 0 Å². The van der Waals surface area contributed by atoms with Crippen LogP contribution in [0, 0.1) is 6.92 Å². The van der Waals surface area contributed by atoms with Gasteiger partial charge in [-0.1, -0.05) is 24.3 Å². The monoisotopic (exact) mass is 269 g/mol. The Balaban J connectivity index is 1.69. The Morgan fingerprint density at radius 1 is 1.30 bits per heavy atom. The first-order chi connectivity index (χ1) is 9.72. The van der Waals surface area contributed by atoms with Crippen molar-refractivity contribution in [3.63, 3.8) is 0 Å². The number of rotatable bonds is 3. The Hall–Kier alpha value is -1.61. The van der Waals surface area contributed by atoms with E-state index in [4.69, 9.17) is 0 Å². The van der Waals surface area contributed by atoms with Gasteiger partial charge in [0.15, 0.2) is 0 Å². The lowest BCUT2D eigenvalue weighted by molar-refractivity contribution is 0.200. The third kappa shape index (κ3) is 2.93. The van der Waals surface area contributed by atoms with E-state index >= 15 is 0 Å². The molecule has 106 valence electrons. The van der Waals surface area contributed by atoms with E-state index in [-0.39, 0.29) is 0 Å². The first kappa shape index (κ1) is 13.4. The van der Waals surface area contributed by atoms with Gasteiger partial charge in [-0.05, 0) is 43.4 Å². The Kier molecular flexibility index (Phi) is 3.88. The minimum absolute atomic E-state index is 0.682. The number of hydrogen-bond donors (Lipinski definition) is 0. The number of hydrogen-bond acceptors (Lipinski definition) is 2. The minimum atomic E-state index is 0.682. The Morgan fingerprint density at radius 2 is 2.15 bits per heavy atom. The summed E-state index contributed by atoms with van der Waals surface area (Å²) in [6.45, 7) is 5.63. The molecule has 1 atom stereocenters. The zero-order valence-electron chi connectivity index (χ0n) is 12.4. The Labute approximate surface area is 121 Å². The molecule has 0 N–H and O–H groups in total. The highest BCUT2D eigenvalue weighted by Gasteiger charge is 2.22. The minimum Gasteiger partial charge on any atom is -0.298 e. The highest BCUT2D eigenvalue weighted by molar-refractivity contribution is 5.29. The van der Waals surface area contributed by atoms with E-state index in [1.807, 2.05) is 17.9 Å². The van der Waals surface area contributed by atoms with Crippen LogP contribution in [-0.4, -0.2) is 27.8 Å². The van der Waals surface area contributed by atoms with Crippen molar-refractivity contribution >= 4 is 0 Å². The predicted octanol–water partition coefficient (Wildman–Crippen LogP) is 3.11. The van der Waals surface area contributed by atoms with Crippen LogP contribution in [0.3, 0.4) is 0 Å². The number of likely N-dealkylation sites (tertiary alicyclic amines) is 1. The number of benzene rings is 1. The SMILES string of the molecule is Cc1ccccc1[C@H]1CCCN(Cc2cnn(C)c2)C1. The van der Waals surface area contributed by atoms with Gasteiger partial charge in [0, 0.05) is 31.9 Å². The molecule has 2 aromatic rings. The maximum Gasteiger partial charge on any atom is 0.0534 e. The van der Waals surface area contributed by atoms with Gasteiger partial charge in [-0.25, -0.2) is 0 Å². The van der Waals surface area contributed by atoms with Crippen molar-refractivity contribution in [1.29, 1.82) is 0 Å². The molecule has 1 saturated heterocycles. The fourth-order valence-corrected chi connectivity index (χ4v) is 3.31. The summed E-state index contributed by atoms with van der Waals surface area (Å²) in [4.78, 5) is 2.57. The van der Waals surface area contributed by atoms with Crippen molar-refractivity contribution < 1.29 is 0 Å². The third-order valence-electron chi connectivity index (χ3n) is 4.30. The highest BCUT2D eigenvalue weighted by atomic mass is 15.2. The molecule has 0 unspecified atom stereocenters. The van der Waals surface area contributed by atoms with Gasteiger partial charge in [-0.3, -0.25) is 9.58 Å². The molecule has 1 aromatic carbocycles. The van der Waals surface area contributed by atoms with Gasteiger partial charge in [-0.15, -0.1) is 0 Å². The van der Waals surface area contributed by atoms with E-state index in [2.05, 4.69) is 47.4 Å². The molecule has 1 aromatic heterocycles. The number of nitrogens with zero attached hydrogens (tertiary/aromatic N) is 3. The molecule has 0 aliphatic carbocycles. The van der Waals surface area contributed by atoms with Gasteiger partial charge in [-0.2, -0.15) is 5.10 Å². The van der Waals surface area contributed by atoms with Gasteiger partial charge in [0.2, 0.25) is 0 Å². The molecular weight excluding hydrogens is 246 g/mol. The molecule has 0 spiro atoms. The third-order valence-corrected chi connectivity index (χ3v) is 4.30. The van der Waals surface area contributed by atoms with Crippen LogP contribution in [-0.2, 0) is 13.6 Å². The van der Waals surface area contributed by atoms with Crippen LogP contribution in [0.1, 0.15) is 35.4 Å². The summed E-state index contributed by atoms with van der Waals surface area (Å²) in [6, 6.07) is 8.83. The van der Waals surface area contributed by atoms with Crippen molar-refractivity contribution in [3.05, 3.63) is 53.3 Å². The zero-order valence-corrected chi connectivity index (χ0v) is 12.4. The van der Waals surface area contributed by atoms with E-state index in [9.17, 15) is 0 Å². The van der Waals surface area contributed by atoms with E-state index in [0.29, 0.717) is 5.92 Å². The van der Waals surface area contributed by atoms with Crippen LogP contribution in [0.4, 0.5) is 0 Å². The van der Waals surface area contributed by atoms with E-state index in [1.165, 1.54) is 42.6 Å². The normalized spacial score (nSPS) is 20.2. The molecule has 0 saturated carbocycles. The van der Waals surface area contributed by atoms with Gasteiger partial charge in [0.1, 0.15) is 0 Å². The van der Waals surface area contributed by atoms with Gasteiger partial charge < -0.3 is 0 Å². The van der Waals surface area contributed by atoms with Crippen LogP contribution >= 0.6 is 0 Å². The first-order valence-electron chi connectivity index (χ1n) is 7.48. The Morgan fingerprint density at radius 3 is 2.90 bits per heavy atom. The molecule has 3 heteroatoms. The molecule has 20 heavy (non-hydrogen) atoms. The molecule has 1 aliphatic rings. The molecule has 0 bridgehead atoms. The van der Waals surface area contributed by atoms with Gasteiger partial charge in [0.05, 0.1) is 6.20 Å². The number of piperidine rings is 1. The fraction of sp³-hybridized carbons (Fsp3) is 0.471. The molecule has 1 fully saturated rings. The summed E-state index contributed by atoms with van der Waals surface area (Å²) in [7, 11) is 1.98. The second-order valence-corrected chi connectivity index (χ2v) is 5.95. The first-order valence-corrected chi connectivity index (χ1v) is 7.48. The lowest BCUT2D eigenvalue weighted by atomic mass is 9.88. The summed E-state index contributed by atoms with van der Waals surface area (Å²) < 4.78 is 1.89. The van der Waals surface area contributed by atoms with Crippen molar-refractivity contribution in [2.75, 3.05) is 13.1 Å². The summed E-state index contributed by atoms with van der Waals surface area (Å²) in [5.41, 5.74) is 4.28. The molecule has 2 heterocycles. The van der Waals surface area contributed by atoms with Crippen molar-refractivity contribution in [2.24, 2.45) is 7.05 Å². The lowest BCUT2D eigenvalue weighted by Crippen LogP contribution is -2.34. The van der Waals surface area contributed by atoms with Gasteiger partial charge in [0.25, 0.3) is 0 Å². The average molecular weight is 269 g/mol. The molecule has 0 radical (unpaired) electrons. The van der Waals surface area contributed by atoms with E-state index in [1.54, 1.807) is 0 Å². The maximum atomic E-state index is 4.26. The Bertz CT molecular complexity index is 573. The largest absolute Gasteiger partial charge is 0.298 e. The molecule has 3 rings (SSSR count). The molecular formula is C17H23N3. The van der Waals surface area contributed by atoms with E-state index in [0.717, 1.165) is 6.54 Å². The highest BCUT2D eigenvalue weighted by Crippen LogP contribution is 2.29. The van der Waals surface area contributed by atoms with Crippen molar-refractivity contribution in [2.45, 2.75) is 32.2 Å². The standard InChI is InChI=1S/C17H23N3/c1-14-6-3-4-8-17(14)16-7-5-9-20(13-16)12-15-10-18-19(2)11-15/h3-4,6,8,10-11,16H,5,7,9,12-13H2,1-2H3/t16-/m0/s1. The van der Waals surface area contributed by atoms with Crippen molar-refractivity contribution in [1.82, 2.24) is 14.7 Å². The van der Waals surface area contributed by atoms with Gasteiger partial charge >= 0.3 is 0 Å². The predicted molar refractivity (Wildman–Crippen MR) is 81.6 cm³/mol.